The Morgan fingerprint density at radius 3 is 2.33 bits per heavy atom. The van der Waals surface area contributed by atoms with Crippen LogP contribution in [-0.4, -0.2) is 58.1 Å². The van der Waals surface area contributed by atoms with Crippen LogP contribution >= 0.6 is 0 Å². The number of aldehydes is 1. The second-order valence-electron chi connectivity index (χ2n) is 3.11. The Morgan fingerprint density at radius 1 is 1.50 bits per heavy atom. The Kier molecular flexibility index (Phi) is 6.94. The second-order valence-corrected chi connectivity index (χ2v) is 3.11. The number of nitrogens with zero attached hydrogens (tertiary/aromatic N) is 1. The summed E-state index contributed by atoms with van der Waals surface area (Å²) in [4.78, 5) is 12.0. The van der Waals surface area contributed by atoms with Crippen molar-refractivity contribution in [3.63, 3.8) is 0 Å². The van der Waals surface area contributed by atoms with Crippen LogP contribution in [0.4, 0.5) is 0 Å². The Bertz CT molecular complexity index is 109. The Hall–Kier alpha value is -0.450. The zero-order valence-corrected chi connectivity index (χ0v) is 8.04. The highest BCUT2D eigenvalue weighted by molar-refractivity contribution is 5.57. The van der Waals surface area contributed by atoms with Crippen LogP contribution in [0.5, 0.6) is 0 Å². The lowest BCUT2D eigenvalue weighted by atomic mass is 10.3. The summed E-state index contributed by atoms with van der Waals surface area (Å²) in [6.45, 7) is 2.05. The lowest BCUT2D eigenvalue weighted by Crippen LogP contribution is -2.42. The summed E-state index contributed by atoms with van der Waals surface area (Å²) < 4.78 is 4.98. The van der Waals surface area contributed by atoms with Gasteiger partial charge in [-0.15, -0.1) is 0 Å². The van der Waals surface area contributed by atoms with Crippen molar-refractivity contribution in [1.29, 1.82) is 0 Å². The molecule has 1 rings (SSSR count). The van der Waals surface area contributed by atoms with Gasteiger partial charge < -0.3 is 19.7 Å². The molecule has 1 aliphatic rings. The summed E-state index contributed by atoms with van der Waals surface area (Å²) in [6, 6.07) is -0.0660. The molecule has 0 spiro atoms. The monoisotopic (exact) mass is 174 g/mol. The first-order chi connectivity index (χ1) is 5.66. The van der Waals surface area contributed by atoms with Crippen molar-refractivity contribution in [3.8, 4) is 0 Å². The summed E-state index contributed by atoms with van der Waals surface area (Å²) in [7, 11) is 6.00. The molecule has 1 unspecified atom stereocenters. The van der Waals surface area contributed by atoms with Crippen LogP contribution in [0.25, 0.3) is 0 Å². The summed E-state index contributed by atoms with van der Waals surface area (Å²) in [5, 5.41) is 2.98. The van der Waals surface area contributed by atoms with E-state index in [-0.39, 0.29) is 6.04 Å². The SMILES string of the molecule is CN(C)C.O=CC1COCCN1. The molecule has 12 heavy (non-hydrogen) atoms. The van der Waals surface area contributed by atoms with E-state index in [4.69, 9.17) is 4.74 Å². The molecule has 1 N–H and O–H groups in total. The topological polar surface area (TPSA) is 41.6 Å². The molecule has 72 valence electrons. The fourth-order valence-corrected chi connectivity index (χ4v) is 0.673. The molecule has 0 aliphatic carbocycles. The third-order valence-electron chi connectivity index (χ3n) is 1.11. The molecule has 4 nitrogen and oxygen atoms in total. The van der Waals surface area contributed by atoms with Crippen LogP contribution in [0.3, 0.4) is 0 Å². The number of morpholine rings is 1. The molecule has 0 aromatic heterocycles. The lowest BCUT2D eigenvalue weighted by molar-refractivity contribution is -0.112. The number of ether oxygens (including phenoxy) is 1. The molecule has 4 heteroatoms. The smallest absolute Gasteiger partial charge is 0.139 e. The number of carbonyl (C=O) groups excluding carboxylic acids is 1. The molecule has 0 radical (unpaired) electrons. The number of nitrogens with one attached hydrogen (secondary N) is 1. The van der Waals surface area contributed by atoms with E-state index in [0.29, 0.717) is 6.61 Å². The quantitative estimate of drug-likeness (QED) is 0.536. The summed E-state index contributed by atoms with van der Waals surface area (Å²) in [5.74, 6) is 0. The van der Waals surface area contributed by atoms with Crippen LogP contribution in [-0.2, 0) is 9.53 Å². The van der Waals surface area contributed by atoms with Gasteiger partial charge in [0.2, 0.25) is 0 Å². The van der Waals surface area contributed by atoms with Crippen LogP contribution < -0.4 is 5.32 Å². The molecule has 0 amide bonds. The minimum absolute atomic E-state index is 0.0660. The van der Waals surface area contributed by atoms with Crippen molar-refractivity contribution >= 4 is 6.29 Å². The van der Waals surface area contributed by atoms with Gasteiger partial charge in [-0.1, -0.05) is 0 Å². The summed E-state index contributed by atoms with van der Waals surface area (Å²) >= 11 is 0. The van der Waals surface area contributed by atoms with Gasteiger partial charge >= 0.3 is 0 Å². The molecule has 1 aliphatic heterocycles. The average molecular weight is 174 g/mol. The second kappa shape index (κ2) is 7.21. The van der Waals surface area contributed by atoms with Crippen LogP contribution in [0, 0.1) is 0 Å². The van der Waals surface area contributed by atoms with Gasteiger partial charge in [-0.25, -0.2) is 0 Å². The van der Waals surface area contributed by atoms with Gasteiger partial charge in [-0.3, -0.25) is 0 Å². The molecular formula is C8H18N2O2. The van der Waals surface area contributed by atoms with Gasteiger partial charge in [0.1, 0.15) is 6.29 Å². The zero-order valence-electron chi connectivity index (χ0n) is 8.04. The normalized spacial score (nSPS) is 22.8. The maximum atomic E-state index is 10.0. The lowest BCUT2D eigenvalue weighted by Gasteiger charge is -2.17. The van der Waals surface area contributed by atoms with Crippen molar-refractivity contribution < 1.29 is 9.53 Å². The van der Waals surface area contributed by atoms with E-state index in [2.05, 4.69) is 5.32 Å². The first kappa shape index (κ1) is 11.6. The van der Waals surface area contributed by atoms with Crippen LogP contribution in [0.2, 0.25) is 0 Å². The van der Waals surface area contributed by atoms with E-state index in [1.54, 1.807) is 0 Å². The van der Waals surface area contributed by atoms with Gasteiger partial charge in [-0.2, -0.15) is 0 Å². The van der Waals surface area contributed by atoms with Gasteiger partial charge in [-0.05, 0) is 21.1 Å². The highest BCUT2D eigenvalue weighted by Crippen LogP contribution is 1.87. The van der Waals surface area contributed by atoms with Crippen molar-refractivity contribution in [1.82, 2.24) is 10.2 Å². The van der Waals surface area contributed by atoms with Crippen molar-refractivity contribution in [3.05, 3.63) is 0 Å². The van der Waals surface area contributed by atoms with E-state index < -0.39 is 0 Å². The van der Waals surface area contributed by atoms with Gasteiger partial charge in [0.05, 0.1) is 19.3 Å². The molecule has 1 fully saturated rings. The highest BCUT2D eigenvalue weighted by Gasteiger charge is 2.09. The number of rotatable bonds is 1. The first-order valence-corrected chi connectivity index (χ1v) is 4.04. The van der Waals surface area contributed by atoms with E-state index in [1.807, 2.05) is 26.0 Å². The molecule has 0 bridgehead atoms. The predicted octanol–water partition coefficient (Wildman–Crippen LogP) is -0.648. The standard InChI is InChI=1S/C5H9NO2.C3H9N/c7-3-5-4-8-2-1-6-5;1-4(2)3/h3,5-6H,1-2,4H2;1-3H3. The summed E-state index contributed by atoms with van der Waals surface area (Å²) in [6.07, 6.45) is 0.874. The fourth-order valence-electron chi connectivity index (χ4n) is 0.673. The third-order valence-corrected chi connectivity index (χ3v) is 1.11. The molecule has 0 saturated carbocycles. The van der Waals surface area contributed by atoms with Gasteiger partial charge in [0.25, 0.3) is 0 Å². The van der Waals surface area contributed by atoms with Crippen molar-refractivity contribution in [2.75, 3.05) is 40.9 Å². The van der Waals surface area contributed by atoms with E-state index >= 15 is 0 Å². The van der Waals surface area contributed by atoms with Crippen LogP contribution in [0.1, 0.15) is 0 Å². The third kappa shape index (κ3) is 7.65. The molecule has 0 aromatic rings. The number of carbonyl (C=O) groups is 1. The average Bonchev–Trinajstić information content (AvgIpc) is 2.05. The van der Waals surface area contributed by atoms with E-state index in [0.717, 1.165) is 19.4 Å². The maximum Gasteiger partial charge on any atom is 0.139 e. The summed E-state index contributed by atoms with van der Waals surface area (Å²) in [5.41, 5.74) is 0. The largest absolute Gasteiger partial charge is 0.378 e. The van der Waals surface area contributed by atoms with Gasteiger partial charge in [0, 0.05) is 6.54 Å². The minimum atomic E-state index is -0.0660. The molecular weight excluding hydrogens is 156 g/mol. The fraction of sp³-hybridized carbons (Fsp3) is 0.875. The predicted molar refractivity (Wildman–Crippen MR) is 48.3 cm³/mol. The molecule has 1 atom stereocenters. The Morgan fingerprint density at radius 2 is 2.08 bits per heavy atom. The van der Waals surface area contributed by atoms with Crippen LogP contribution in [0.15, 0.2) is 0 Å². The number of hydrogen-bond donors (Lipinski definition) is 1. The molecule has 0 aromatic carbocycles. The van der Waals surface area contributed by atoms with E-state index in [1.165, 1.54) is 0 Å². The van der Waals surface area contributed by atoms with E-state index in [9.17, 15) is 4.79 Å². The zero-order chi connectivity index (χ0) is 9.40. The van der Waals surface area contributed by atoms with Crippen molar-refractivity contribution in [2.24, 2.45) is 0 Å². The Labute approximate surface area is 73.9 Å². The molecule has 1 heterocycles. The van der Waals surface area contributed by atoms with Gasteiger partial charge in [0.15, 0.2) is 0 Å². The minimum Gasteiger partial charge on any atom is -0.378 e. The van der Waals surface area contributed by atoms with Crippen molar-refractivity contribution in [2.45, 2.75) is 6.04 Å². The highest BCUT2D eigenvalue weighted by atomic mass is 16.5. The number of hydrogen-bond acceptors (Lipinski definition) is 4. The Balaban J connectivity index is 0.000000261. The first-order valence-electron chi connectivity index (χ1n) is 4.04. The maximum absolute atomic E-state index is 10.0. The molecule has 1 saturated heterocycles.